The number of hydrogen-bond acceptors (Lipinski definition) is 2. The van der Waals surface area contributed by atoms with Gasteiger partial charge in [0.15, 0.2) is 5.78 Å². The minimum atomic E-state index is -0.417. The maximum atomic E-state index is 12.3. The summed E-state index contributed by atoms with van der Waals surface area (Å²) in [5, 5.41) is 0.972. The molecule has 0 spiro atoms. The van der Waals surface area contributed by atoms with Crippen LogP contribution in [-0.2, 0) is 6.54 Å². The van der Waals surface area contributed by atoms with E-state index in [1.165, 1.54) is 0 Å². The predicted molar refractivity (Wildman–Crippen MR) is 77.9 cm³/mol. The van der Waals surface area contributed by atoms with Gasteiger partial charge in [0.1, 0.15) is 0 Å². The molecule has 1 atom stereocenters. The van der Waals surface area contributed by atoms with Crippen molar-refractivity contribution in [2.75, 3.05) is 0 Å². The van der Waals surface area contributed by atoms with E-state index < -0.39 is 6.04 Å². The van der Waals surface area contributed by atoms with Gasteiger partial charge >= 0.3 is 0 Å². The number of nitrogens with two attached hydrogens (primary N) is 1. The summed E-state index contributed by atoms with van der Waals surface area (Å²) in [7, 11) is 0. The molecular formula is C14H17BrN2O. The highest BCUT2D eigenvalue weighted by atomic mass is 79.9. The Labute approximate surface area is 115 Å². The van der Waals surface area contributed by atoms with Gasteiger partial charge in [-0.05, 0) is 31.5 Å². The number of rotatable bonds is 4. The number of halogens is 1. The van der Waals surface area contributed by atoms with Crippen LogP contribution in [0.1, 0.15) is 30.6 Å². The molecule has 96 valence electrons. The van der Waals surface area contributed by atoms with Crippen molar-refractivity contribution in [2.24, 2.45) is 5.73 Å². The van der Waals surface area contributed by atoms with E-state index in [1.54, 1.807) is 0 Å². The molecule has 0 aliphatic heterocycles. The number of nitrogens with zero attached hydrogens (tertiary/aromatic N) is 1. The Hall–Kier alpha value is -1.13. The van der Waals surface area contributed by atoms with Crippen LogP contribution in [0.15, 0.2) is 28.9 Å². The third kappa shape index (κ3) is 2.22. The molecule has 0 aliphatic carbocycles. The summed E-state index contributed by atoms with van der Waals surface area (Å²) in [5.74, 6) is 0.0211. The van der Waals surface area contributed by atoms with Crippen LogP contribution in [0.25, 0.3) is 10.9 Å². The van der Waals surface area contributed by atoms with Gasteiger partial charge in [-0.1, -0.05) is 22.9 Å². The Morgan fingerprint density at radius 1 is 1.44 bits per heavy atom. The second-order valence-corrected chi connectivity index (χ2v) is 5.28. The van der Waals surface area contributed by atoms with Crippen molar-refractivity contribution in [1.82, 2.24) is 4.57 Å². The summed E-state index contributed by atoms with van der Waals surface area (Å²) in [6.07, 6.45) is 2.57. The monoisotopic (exact) mass is 308 g/mol. The molecule has 18 heavy (non-hydrogen) atoms. The number of Topliss-reactive ketones (excluding diaryl/α,β-unsaturated/α-hetero) is 1. The molecule has 1 aromatic heterocycles. The molecule has 2 N–H and O–H groups in total. The van der Waals surface area contributed by atoms with E-state index in [-0.39, 0.29) is 5.78 Å². The number of aromatic nitrogens is 1. The lowest BCUT2D eigenvalue weighted by atomic mass is 10.0. The molecule has 1 unspecified atom stereocenters. The number of ketones is 1. The first-order valence-electron chi connectivity index (χ1n) is 6.16. The summed E-state index contributed by atoms with van der Waals surface area (Å²) in [6.45, 7) is 4.83. The van der Waals surface area contributed by atoms with Crippen molar-refractivity contribution in [3.8, 4) is 0 Å². The van der Waals surface area contributed by atoms with E-state index in [4.69, 9.17) is 5.73 Å². The molecule has 2 rings (SSSR count). The molecule has 0 amide bonds. The third-order valence-corrected chi connectivity index (χ3v) is 3.72. The van der Waals surface area contributed by atoms with Crippen LogP contribution in [0.2, 0.25) is 0 Å². The largest absolute Gasteiger partial charge is 0.347 e. The van der Waals surface area contributed by atoms with Crippen molar-refractivity contribution in [3.05, 3.63) is 34.4 Å². The average Bonchev–Trinajstić information content (AvgIpc) is 2.74. The van der Waals surface area contributed by atoms with Crippen LogP contribution in [0.5, 0.6) is 0 Å². The molecule has 0 saturated carbocycles. The van der Waals surface area contributed by atoms with Gasteiger partial charge in [-0.3, -0.25) is 4.79 Å². The molecular weight excluding hydrogens is 292 g/mol. The fourth-order valence-electron chi connectivity index (χ4n) is 2.11. The highest BCUT2D eigenvalue weighted by molar-refractivity contribution is 9.10. The number of carbonyl (C=O) groups excluding carboxylic acids is 1. The van der Waals surface area contributed by atoms with E-state index in [0.29, 0.717) is 6.42 Å². The third-order valence-electron chi connectivity index (χ3n) is 3.23. The first-order chi connectivity index (χ1) is 8.58. The van der Waals surface area contributed by atoms with Gasteiger partial charge < -0.3 is 10.3 Å². The predicted octanol–water partition coefficient (Wildman–Crippen LogP) is 3.34. The highest BCUT2D eigenvalue weighted by Crippen LogP contribution is 2.26. The Balaban J connectivity index is 2.63. The second kappa shape index (κ2) is 5.24. The first-order valence-corrected chi connectivity index (χ1v) is 6.96. The Bertz CT molecular complexity index is 589. The summed E-state index contributed by atoms with van der Waals surface area (Å²) >= 11 is 3.45. The summed E-state index contributed by atoms with van der Waals surface area (Å²) in [6, 6.07) is 5.58. The number of aryl methyl sites for hydroxylation is 1. The van der Waals surface area contributed by atoms with Gasteiger partial charge in [0.25, 0.3) is 0 Å². The van der Waals surface area contributed by atoms with Gasteiger partial charge in [-0.25, -0.2) is 0 Å². The van der Waals surface area contributed by atoms with Crippen molar-refractivity contribution >= 4 is 32.6 Å². The Kier molecular flexibility index (Phi) is 3.88. The molecule has 0 fully saturated rings. The Morgan fingerprint density at radius 3 is 2.78 bits per heavy atom. The average molecular weight is 309 g/mol. The fraction of sp³-hybridized carbons (Fsp3) is 0.357. The lowest BCUT2D eigenvalue weighted by Gasteiger charge is -2.06. The Morgan fingerprint density at radius 2 is 2.17 bits per heavy atom. The normalized spacial score (nSPS) is 12.9. The van der Waals surface area contributed by atoms with Gasteiger partial charge in [0, 0.05) is 33.7 Å². The molecule has 1 heterocycles. The van der Waals surface area contributed by atoms with E-state index in [1.807, 2.05) is 31.3 Å². The van der Waals surface area contributed by atoms with E-state index >= 15 is 0 Å². The molecule has 2 aromatic rings. The maximum absolute atomic E-state index is 12.3. The molecule has 0 aliphatic rings. The minimum Gasteiger partial charge on any atom is -0.347 e. The topological polar surface area (TPSA) is 48.0 Å². The lowest BCUT2D eigenvalue weighted by Crippen LogP contribution is -2.29. The van der Waals surface area contributed by atoms with Gasteiger partial charge in [0.2, 0.25) is 0 Å². The lowest BCUT2D eigenvalue weighted by molar-refractivity contribution is 0.0961. The number of carbonyl (C=O) groups is 1. The van der Waals surface area contributed by atoms with Gasteiger partial charge in [0.05, 0.1) is 6.04 Å². The zero-order valence-electron chi connectivity index (χ0n) is 10.6. The standard InChI is InChI=1S/C14H17BrN2O/c1-3-12(16)14(18)11-8-17(4-2)13-6-5-9(15)7-10(11)13/h5-8,12H,3-4,16H2,1-2H3. The van der Waals surface area contributed by atoms with E-state index in [0.717, 1.165) is 27.5 Å². The van der Waals surface area contributed by atoms with Crippen molar-refractivity contribution in [2.45, 2.75) is 32.9 Å². The van der Waals surface area contributed by atoms with Crippen molar-refractivity contribution in [1.29, 1.82) is 0 Å². The van der Waals surface area contributed by atoms with Crippen LogP contribution < -0.4 is 5.73 Å². The van der Waals surface area contributed by atoms with Gasteiger partial charge in [-0.2, -0.15) is 0 Å². The zero-order chi connectivity index (χ0) is 13.3. The fourth-order valence-corrected chi connectivity index (χ4v) is 2.47. The maximum Gasteiger partial charge on any atom is 0.181 e. The van der Waals surface area contributed by atoms with E-state index in [2.05, 4.69) is 27.4 Å². The molecule has 3 nitrogen and oxygen atoms in total. The summed E-state index contributed by atoms with van der Waals surface area (Å²) < 4.78 is 3.06. The van der Waals surface area contributed by atoms with Crippen LogP contribution in [-0.4, -0.2) is 16.4 Å². The SMILES string of the molecule is CCC(N)C(=O)c1cn(CC)c2ccc(Br)cc12. The molecule has 0 radical (unpaired) electrons. The first kappa shape index (κ1) is 13.3. The van der Waals surface area contributed by atoms with Gasteiger partial charge in [-0.15, -0.1) is 0 Å². The quantitative estimate of drug-likeness (QED) is 0.881. The number of benzene rings is 1. The van der Waals surface area contributed by atoms with E-state index in [9.17, 15) is 4.79 Å². The zero-order valence-corrected chi connectivity index (χ0v) is 12.2. The van der Waals surface area contributed by atoms with Crippen molar-refractivity contribution in [3.63, 3.8) is 0 Å². The molecule has 4 heteroatoms. The van der Waals surface area contributed by atoms with Crippen LogP contribution in [0.3, 0.4) is 0 Å². The smallest absolute Gasteiger partial charge is 0.181 e. The number of hydrogen-bond donors (Lipinski definition) is 1. The minimum absolute atomic E-state index is 0.0211. The molecule has 1 aromatic carbocycles. The summed E-state index contributed by atoms with van der Waals surface area (Å²) in [5.41, 5.74) is 7.66. The molecule has 0 bridgehead atoms. The molecule has 0 saturated heterocycles. The second-order valence-electron chi connectivity index (χ2n) is 4.37. The van der Waals surface area contributed by atoms with Crippen molar-refractivity contribution < 1.29 is 4.79 Å². The number of fused-ring (bicyclic) bond motifs is 1. The highest BCUT2D eigenvalue weighted by Gasteiger charge is 2.19. The van der Waals surface area contributed by atoms with Crippen LogP contribution in [0, 0.1) is 0 Å². The van der Waals surface area contributed by atoms with Crippen LogP contribution >= 0.6 is 15.9 Å². The van der Waals surface area contributed by atoms with Crippen LogP contribution in [0.4, 0.5) is 0 Å². The summed E-state index contributed by atoms with van der Waals surface area (Å²) in [4.78, 5) is 12.3.